The third kappa shape index (κ3) is 2.41. The summed E-state index contributed by atoms with van der Waals surface area (Å²) in [6.45, 7) is 0. The van der Waals surface area contributed by atoms with Gasteiger partial charge in [0, 0.05) is 10.4 Å². The topological polar surface area (TPSA) is 38.9 Å². The number of aromatic nitrogens is 2. The van der Waals surface area contributed by atoms with Gasteiger partial charge in [0.1, 0.15) is 17.2 Å². The van der Waals surface area contributed by atoms with Crippen LogP contribution >= 0.6 is 15.9 Å². The van der Waals surface area contributed by atoms with Gasteiger partial charge in [-0.05, 0) is 25.0 Å². The molecule has 0 aliphatic heterocycles. The van der Waals surface area contributed by atoms with Crippen LogP contribution in [0.2, 0.25) is 0 Å². The summed E-state index contributed by atoms with van der Waals surface area (Å²) in [5.41, 5.74) is -0.264. The van der Waals surface area contributed by atoms with Crippen molar-refractivity contribution in [2.24, 2.45) is 0 Å². The fourth-order valence-corrected chi connectivity index (χ4v) is 2.82. The van der Waals surface area contributed by atoms with E-state index in [-0.39, 0.29) is 17.4 Å². The molecular weight excluding hydrogens is 318 g/mol. The highest BCUT2D eigenvalue weighted by molar-refractivity contribution is 9.10. The van der Waals surface area contributed by atoms with Crippen LogP contribution in [0.5, 0.6) is 0 Å². The lowest BCUT2D eigenvalue weighted by Gasteiger charge is -2.02. The summed E-state index contributed by atoms with van der Waals surface area (Å²) in [5, 5.41) is 7.69. The van der Waals surface area contributed by atoms with Crippen molar-refractivity contribution in [3.05, 3.63) is 34.1 Å². The summed E-state index contributed by atoms with van der Waals surface area (Å²) in [6.07, 6.45) is 4.24. The molecule has 0 N–H and O–H groups in total. The minimum atomic E-state index is -0.714. The van der Waals surface area contributed by atoms with Crippen LogP contribution in [0, 0.1) is 11.6 Å². The van der Waals surface area contributed by atoms with Crippen LogP contribution in [0.25, 0.3) is 11.5 Å². The molecule has 1 aromatic heterocycles. The van der Waals surface area contributed by atoms with Crippen LogP contribution < -0.4 is 0 Å². The summed E-state index contributed by atoms with van der Waals surface area (Å²) in [5.74, 6) is -0.816. The molecule has 1 saturated carbocycles. The van der Waals surface area contributed by atoms with Gasteiger partial charge in [-0.1, -0.05) is 28.8 Å². The van der Waals surface area contributed by atoms with Gasteiger partial charge in [0.15, 0.2) is 0 Å². The number of hydrogen-bond acceptors (Lipinski definition) is 3. The normalized spacial score (nSPS) is 16.2. The van der Waals surface area contributed by atoms with Gasteiger partial charge in [-0.25, -0.2) is 8.78 Å². The third-order valence-electron chi connectivity index (χ3n) is 3.37. The van der Waals surface area contributed by atoms with E-state index in [0.717, 1.165) is 25.7 Å². The van der Waals surface area contributed by atoms with Crippen LogP contribution in [0.15, 0.2) is 21.0 Å². The highest BCUT2D eigenvalue weighted by atomic mass is 79.9. The van der Waals surface area contributed by atoms with E-state index in [2.05, 4.69) is 26.1 Å². The maximum Gasteiger partial charge on any atom is 0.253 e. The lowest BCUT2D eigenvalue weighted by Crippen LogP contribution is -1.91. The van der Waals surface area contributed by atoms with Crippen molar-refractivity contribution in [1.29, 1.82) is 0 Å². The molecule has 19 heavy (non-hydrogen) atoms. The first kappa shape index (κ1) is 12.7. The number of rotatable bonds is 2. The Morgan fingerprint density at radius 1 is 1.11 bits per heavy atom. The molecule has 0 bridgehead atoms. The molecule has 1 aromatic carbocycles. The Labute approximate surface area is 117 Å². The van der Waals surface area contributed by atoms with Gasteiger partial charge in [-0.3, -0.25) is 0 Å². The fraction of sp³-hybridized carbons (Fsp3) is 0.385. The van der Waals surface area contributed by atoms with E-state index in [0.29, 0.717) is 10.4 Å². The summed E-state index contributed by atoms with van der Waals surface area (Å²) >= 11 is 3.03. The SMILES string of the molecule is Fc1cc(Br)cc(F)c1-c1nnc(C2CCCC2)o1. The first-order valence-electron chi connectivity index (χ1n) is 6.13. The van der Waals surface area contributed by atoms with E-state index in [1.54, 1.807) is 0 Å². The van der Waals surface area contributed by atoms with E-state index >= 15 is 0 Å². The second-order valence-corrected chi connectivity index (χ2v) is 5.59. The molecule has 1 fully saturated rings. The quantitative estimate of drug-likeness (QED) is 0.818. The van der Waals surface area contributed by atoms with Gasteiger partial charge in [0.25, 0.3) is 5.89 Å². The molecule has 0 amide bonds. The molecule has 100 valence electrons. The van der Waals surface area contributed by atoms with E-state index in [4.69, 9.17) is 4.42 Å². The van der Waals surface area contributed by atoms with E-state index in [1.807, 2.05) is 0 Å². The third-order valence-corrected chi connectivity index (χ3v) is 3.82. The second kappa shape index (κ2) is 5.00. The van der Waals surface area contributed by atoms with Crippen molar-refractivity contribution in [2.75, 3.05) is 0 Å². The monoisotopic (exact) mass is 328 g/mol. The zero-order valence-electron chi connectivity index (χ0n) is 10.00. The minimum Gasteiger partial charge on any atom is -0.420 e. The number of nitrogens with zero attached hydrogens (tertiary/aromatic N) is 2. The highest BCUT2D eigenvalue weighted by Gasteiger charge is 2.25. The van der Waals surface area contributed by atoms with Crippen molar-refractivity contribution in [3.8, 4) is 11.5 Å². The molecule has 0 unspecified atom stereocenters. The molecule has 3 rings (SSSR count). The zero-order chi connectivity index (χ0) is 13.4. The number of hydrogen-bond donors (Lipinski definition) is 0. The molecular formula is C13H11BrF2N2O. The zero-order valence-corrected chi connectivity index (χ0v) is 11.6. The van der Waals surface area contributed by atoms with Gasteiger partial charge in [0.05, 0.1) is 0 Å². The van der Waals surface area contributed by atoms with Crippen molar-refractivity contribution < 1.29 is 13.2 Å². The minimum absolute atomic E-state index is 0.0931. The number of benzene rings is 1. The Morgan fingerprint density at radius 3 is 2.37 bits per heavy atom. The van der Waals surface area contributed by atoms with Gasteiger partial charge in [0.2, 0.25) is 5.89 Å². The summed E-state index contributed by atoms with van der Waals surface area (Å²) in [4.78, 5) is 0. The predicted molar refractivity (Wildman–Crippen MR) is 68.6 cm³/mol. The van der Waals surface area contributed by atoms with Crippen LogP contribution in [-0.4, -0.2) is 10.2 Å². The predicted octanol–water partition coefficient (Wildman–Crippen LogP) is 4.43. The average Bonchev–Trinajstić information content (AvgIpc) is 2.97. The first-order valence-corrected chi connectivity index (χ1v) is 6.93. The Morgan fingerprint density at radius 2 is 1.74 bits per heavy atom. The van der Waals surface area contributed by atoms with Crippen LogP contribution in [0.1, 0.15) is 37.5 Å². The maximum absolute atomic E-state index is 13.8. The van der Waals surface area contributed by atoms with E-state index in [9.17, 15) is 8.78 Å². The van der Waals surface area contributed by atoms with Gasteiger partial charge < -0.3 is 4.42 Å². The Kier molecular flexibility index (Phi) is 3.35. The van der Waals surface area contributed by atoms with Crippen molar-refractivity contribution in [2.45, 2.75) is 31.6 Å². The Balaban J connectivity index is 1.98. The molecule has 6 heteroatoms. The highest BCUT2D eigenvalue weighted by Crippen LogP contribution is 2.35. The van der Waals surface area contributed by atoms with Gasteiger partial charge in [-0.2, -0.15) is 0 Å². The van der Waals surface area contributed by atoms with Crippen molar-refractivity contribution in [3.63, 3.8) is 0 Å². The van der Waals surface area contributed by atoms with Crippen LogP contribution in [-0.2, 0) is 0 Å². The number of halogens is 3. The molecule has 0 spiro atoms. The molecule has 0 atom stereocenters. The fourth-order valence-electron chi connectivity index (χ4n) is 2.42. The molecule has 1 heterocycles. The van der Waals surface area contributed by atoms with Crippen LogP contribution in [0.4, 0.5) is 8.78 Å². The van der Waals surface area contributed by atoms with Gasteiger partial charge >= 0.3 is 0 Å². The van der Waals surface area contributed by atoms with Crippen molar-refractivity contribution in [1.82, 2.24) is 10.2 Å². The summed E-state index contributed by atoms with van der Waals surface area (Å²) < 4.78 is 33.3. The maximum atomic E-state index is 13.8. The first-order chi connectivity index (χ1) is 9.15. The van der Waals surface area contributed by atoms with Crippen molar-refractivity contribution >= 4 is 15.9 Å². The summed E-state index contributed by atoms with van der Waals surface area (Å²) in [7, 11) is 0. The smallest absolute Gasteiger partial charge is 0.253 e. The summed E-state index contributed by atoms with van der Waals surface area (Å²) in [6, 6.07) is 2.36. The molecule has 0 radical (unpaired) electrons. The van der Waals surface area contributed by atoms with Crippen LogP contribution in [0.3, 0.4) is 0 Å². The Bertz CT molecular complexity index is 585. The molecule has 0 saturated heterocycles. The van der Waals surface area contributed by atoms with E-state index < -0.39 is 11.6 Å². The largest absolute Gasteiger partial charge is 0.420 e. The average molecular weight is 329 g/mol. The lowest BCUT2D eigenvalue weighted by molar-refractivity contribution is 0.452. The lowest BCUT2D eigenvalue weighted by atomic mass is 10.1. The molecule has 2 aromatic rings. The second-order valence-electron chi connectivity index (χ2n) is 4.67. The standard InChI is InChI=1S/C13H11BrF2N2O/c14-8-5-9(15)11(10(16)6-8)13-18-17-12(19-13)7-3-1-2-4-7/h5-7H,1-4H2. The molecule has 1 aliphatic carbocycles. The van der Waals surface area contributed by atoms with Gasteiger partial charge in [-0.15, -0.1) is 10.2 Å². The molecule has 1 aliphatic rings. The Hall–Kier alpha value is -1.30. The molecule has 3 nitrogen and oxygen atoms in total. The van der Waals surface area contributed by atoms with E-state index in [1.165, 1.54) is 12.1 Å².